The minimum Gasteiger partial charge on any atom is -0.309 e. The van der Waals surface area contributed by atoms with E-state index in [1.54, 1.807) is 6.07 Å². The van der Waals surface area contributed by atoms with Crippen LogP contribution >= 0.6 is 23.2 Å². The van der Waals surface area contributed by atoms with Crippen LogP contribution in [0.2, 0.25) is 10.0 Å². The largest absolute Gasteiger partial charge is 0.309 e. The van der Waals surface area contributed by atoms with Crippen molar-refractivity contribution < 1.29 is 4.92 Å². The molecule has 0 saturated carbocycles. The van der Waals surface area contributed by atoms with Crippen LogP contribution < -0.4 is 5.32 Å². The minimum atomic E-state index is -0.483. The van der Waals surface area contributed by atoms with Crippen LogP contribution in [0, 0.1) is 10.1 Å². The summed E-state index contributed by atoms with van der Waals surface area (Å²) in [4.78, 5) is 10.3. The summed E-state index contributed by atoms with van der Waals surface area (Å²) in [6.07, 6.45) is 0. The monoisotopic (exact) mass is 310 g/mol. The zero-order chi connectivity index (χ0) is 14.5. The van der Waals surface area contributed by atoms with Crippen molar-refractivity contribution in [1.29, 1.82) is 0 Å². The quantitative estimate of drug-likeness (QED) is 0.665. The highest BCUT2D eigenvalue weighted by Gasteiger charge is 2.12. The Hall–Kier alpha value is -1.62. The molecule has 0 saturated heterocycles. The first kappa shape index (κ1) is 14.8. The normalized spacial score (nSPS) is 10.5. The fourth-order valence-electron chi connectivity index (χ4n) is 1.81. The molecule has 4 nitrogen and oxygen atoms in total. The van der Waals surface area contributed by atoms with E-state index in [-0.39, 0.29) is 10.7 Å². The molecular formula is C14H12Cl2N2O2. The maximum Gasteiger partial charge on any atom is 0.288 e. The van der Waals surface area contributed by atoms with Gasteiger partial charge in [0.25, 0.3) is 5.69 Å². The molecule has 0 amide bonds. The highest BCUT2D eigenvalue weighted by atomic mass is 35.5. The molecule has 2 rings (SSSR count). The van der Waals surface area contributed by atoms with Gasteiger partial charge in [-0.05, 0) is 29.3 Å². The van der Waals surface area contributed by atoms with Crippen molar-refractivity contribution in [3.05, 3.63) is 73.8 Å². The average molecular weight is 311 g/mol. The van der Waals surface area contributed by atoms with Gasteiger partial charge in [0.1, 0.15) is 5.02 Å². The minimum absolute atomic E-state index is 0.0753. The van der Waals surface area contributed by atoms with E-state index in [1.165, 1.54) is 12.1 Å². The van der Waals surface area contributed by atoms with Crippen LogP contribution in [0.5, 0.6) is 0 Å². The summed E-state index contributed by atoms with van der Waals surface area (Å²) in [5, 5.41) is 14.8. The number of rotatable bonds is 5. The first-order chi connectivity index (χ1) is 9.56. The zero-order valence-corrected chi connectivity index (χ0v) is 12.0. The van der Waals surface area contributed by atoms with Crippen LogP contribution in [-0.4, -0.2) is 4.92 Å². The molecule has 0 fully saturated rings. The van der Waals surface area contributed by atoms with Crippen LogP contribution in [-0.2, 0) is 13.1 Å². The van der Waals surface area contributed by atoms with Gasteiger partial charge in [-0.3, -0.25) is 10.1 Å². The van der Waals surface area contributed by atoms with Crippen LogP contribution in [0.1, 0.15) is 11.1 Å². The van der Waals surface area contributed by atoms with E-state index in [0.29, 0.717) is 18.1 Å². The molecule has 0 spiro atoms. The highest BCUT2D eigenvalue weighted by molar-refractivity contribution is 6.32. The first-order valence-electron chi connectivity index (χ1n) is 5.94. The topological polar surface area (TPSA) is 55.2 Å². The lowest BCUT2D eigenvalue weighted by Gasteiger charge is -2.06. The van der Waals surface area contributed by atoms with Crippen molar-refractivity contribution >= 4 is 28.9 Å². The Morgan fingerprint density at radius 2 is 1.75 bits per heavy atom. The van der Waals surface area contributed by atoms with E-state index in [9.17, 15) is 10.1 Å². The number of nitro groups is 1. The second kappa shape index (κ2) is 6.70. The Morgan fingerprint density at radius 1 is 1.05 bits per heavy atom. The molecule has 0 bridgehead atoms. The summed E-state index contributed by atoms with van der Waals surface area (Å²) < 4.78 is 0. The molecule has 2 aromatic rings. The van der Waals surface area contributed by atoms with E-state index in [2.05, 4.69) is 5.32 Å². The Balaban J connectivity index is 1.97. The van der Waals surface area contributed by atoms with Gasteiger partial charge < -0.3 is 5.32 Å². The molecule has 0 aliphatic heterocycles. The molecule has 0 heterocycles. The maximum absolute atomic E-state index is 10.8. The molecule has 0 aliphatic rings. The predicted octanol–water partition coefficient (Wildman–Crippen LogP) is 4.19. The summed E-state index contributed by atoms with van der Waals surface area (Å²) in [6, 6.07) is 12.3. The van der Waals surface area contributed by atoms with Gasteiger partial charge >= 0.3 is 0 Å². The zero-order valence-electron chi connectivity index (χ0n) is 10.5. The molecule has 0 aromatic heterocycles. The molecule has 1 N–H and O–H groups in total. The fraction of sp³-hybridized carbons (Fsp3) is 0.143. The smallest absolute Gasteiger partial charge is 0.288 e. The summed E-state index contributed by atoms with van der Waals surface area (Å²) >= 11 is 11.7. The van der Waals surface area contributed by atoms with E-state index in [1.807, 2.05) is 24.3 Å². The lowest BCUT2D eigenvalue weighted by molar-refractivity contribution is -0.384. The third-order valence-electron chi connectivity index (χ3n) is 2.75. The van der Waals surface area contributed by atoms with Gasteiger partial charge in [-0.15, -0.1) is 0 Å². The number of halogens is 2. The van der Waals surface area contributed by atoms with Crippen molar-refractivity contribution in [2.24, 2.45) is 0 Å². The second-order valence-corrected chi connectivity index (χ2v) is 5.12. The van der Waals surface area contributed by atoms with Crippen LogP contribution in [0.25, 0.3) is 0 Å². The average Bonchev–Trinajstić information content (AvgIpc) is 2.40. The third-order valence-corrected chi connectivity index (χ3v) is 3.31. The lowest BCUT2D eigenvalue weighted by Crippen LogP contribution is -2.12. The molecule has 0 unspecified atom stereocenters. The summed E-state index contributed by atoms with van der Waals surface area (Å²) in [6.45, 7) is 1.15. The van der Waals surface area contributed by atoms with Gasteiger partial charge in [-0.25, -0.2) is 0 Å². The number of hydrogen-bond acceptors (Lipinski definition) is 3. The molecule has 6 heteroatoms. The fourth-order valence-corrected chi connectivity index (χ4v) is 2.21. The second-order valence-electron chi connectivity index (χ2n) is 4.28. The van der Waals surface area contributed by atoms with Crippen molar-refractivity contribution in [2.75, 3.05) is 0 Å². The van der Waals surface area contributed by atoms with Crippen molar-refractivity contribution in [1.82, 2.24) is 5.32 Å². The molecule has 0 radical (unpaired) electrons. The number of nitro benzene ring substituents is 1. The molecule has 104 valence electrons. The summed E-state index contributed by atoms with van der Waals surface area (Å²) in [7, 11) is 0. The van der Waals surface area contributed by atoms with E-state index >= 15 is 0 Å². The standard InChI is InChI=1S/C14H12Cl2N2O2/c15-12-3-1-2-10(6-12)8-17-9-11-4-5-13(16)14(7-11)18(19)20/h1-7,17H,8-9H2. The SMILES string of the molecule is O=[N+]([O-])c1cc(CNCc2cccc(Cl)c2)ccc1Cl. The van der Waals surface area contributed by atoms with Gasteiger partial charge in [0.05, 0.1) is 4.92 Å². The van der Waals surface area contributed by atoms with Gasteiger partial charge in [-0.2, -0.15) is 0 Å². The van der Waals surface area contributed by atoms with E-state index in [4.69, 9.17) is 23.2 Å². The van der Waals surface area contributed by atoms with Gasteiger partial charge in [0.2, 0.25) is 0 Å². The lowest BCUT2D eigenvalue weighted by atomic mass is 10.2. The number of hydrogen-bond donors (Lipinski definition) is 1. The Kier molecular flexibility index (Phi) is 4.95. The number of nitrogens with zero attached hydrogens (tertiary/aromatic N) is 1. The molecule has 0 atom stereocenters. The van der Waals surface area contributed by atoms with Crippen LogP contribution in [0.4, 0.5) is 5.69 Å². The maximum atomic E-state index is 10.8. The van der Waals surface area contributed by atoms with E-state index < -0.39 is 4.92 Å². The number of benzene rings is 2. The van der Waals surface area contributed by atoms with Gasteiger partial charge in [0.15, 0.2) is 0 Å². The molecule has 20 heavy (non-hydrogen) atoms. The van der Waals surface area contributed by atoms with Crippen molar-refractivity contribution in [2.45, 2.75) is 13.1 Å². The Morgan fingerprint density at radius 3 is 2.40 bits per heavy atom. The number of nitrogens with one attached hydrogen (secondary N) is 1. The van der Waals surface area contributed by atoms with Crippen LogP contribution in [0.3, 0.4) is 0 Å². The van der Waals surface area contributed by atoms with Gasteiger partial charge in [0, 0.05) is 24.2 Å². The van der Waals surface area contributed by atoms with Crippen molar-refractivity contribution in [3.63, 3.8) is 0 Å². The highest BCUT2D eigenvalue weighted by Crippen LogP contribution is 2.25. The van der Waals surface area contributed by atoms with E-state index in [0.717, 1.165) is 11.1 Å². The van der Waals surface area contributed by atoms with Crippen LogP contribution in [0.15, 0.2) is 42.5 Å². The van der Waals surface area contributed by atoms with Gasteiger partial charge in [-0.1, -0.05) is 41.4 Å². The first-order valence-corrected chi connectivity index (χ1v) is 6.70. The molecule has 0 aliphatic carbocycles. The summed E-state index contributed by atoms with van der Waals surface area (Å²) in [5.74, 6) is 0. The third kappa shape index (κ3) is 3.93. The molecular weight excluding hydrogens is 299 g/mol. The van der Waals surface area contributed by atoms with Crippen molar-refractivity contribution in [3.8, 4) is 0 Å². The predicted molar refractivity (Wildman–Crippen MR) is 80.1 cm³/mol. The Labute approximate surface area is 126 Å². The summed E-state index contributed by atoms with van der Waals surface area (Å²) in [5.41, 5.74) is 1.79. The molecule has 2 aromatic carbocycles. The Bertz CT molecular complexity index is 632.